The molecule has 0 saturated carbocycles. The maximum absolute atomic E-state index is 11.8. The lowest BCUT2D eigenvalue weighted by atomic mass is 10.1. The molecule has 2 heterocycles. The van der Waals surface area contributed by atoms with Crippen LogP contribution in [-0.2, 0) is 11.2 Å². The third kappa shape index (κ3) is 1.55. The van der Waals surface area contributed by atoms with Crippen molar-refractivity contribution < 1.29 is 12.4 Å². The number of hydrogen-bond donors (Lipinski definition) is 2. The van der Waals surface area contributed by atoms with Gasteiger partial charge in [0.05, 0.1) is 0 Å². The van der Waals surface area contributed by atoms with Crippen LogP contribution in [0.4, 0.5) is 4.79 Å². The molecule has 1 unspecified atom stereocenters. The number of carbonyl (C=O) groups is 2. The third-order valence-corrected chi connectivity index (χ3v) is 3.33. The summed E-state index contributed by atoms with van der Waals surface area (Å²) >= 11 is 0. The minimum Gasteiger partial charge on any atom is -0.361 e. The topological polar surface area (TPSA) is 65.2 Å². The molecule has 1 aromatic carbocycles. The third-order valence-electron chi connectivity index (χ3n) is 3.33. The van der Waals surface area contributed by atoms with Crippen LogP contribution in [0.5, 0.6) is 0 Å². The van der Waals surface area contributed by atoms with Gasteiger partial charge in [0.1, 0.15) is 6.04 Å². The number of likely N-dealkylation sites (N-methyl/N-ethyl adjacent to an activating group) is 1. The molecule has 1 fully saturated rings. The first-order valence-corrected chi connectivity index (χ1v) is 5.80. The monoisotopic (exact) mass is 247 g/mol. The lowest BCUT2D eigenvalue weighted by Gasteiger charge is -2.06. The summed E-state index contributed by atoms with van der Waals surface area (Å²) in [6.45, 7) is 0. The van der Waals surface area contributed by atoms with Gasteiger partial charge in [0.2, 0.25) is 0 Å². The Bertz CT molecular complexity index is 641. The van der Waals surface area contributed by atoms with E-state index in [1.807, 2.05) is 30.5 Å². The highest BCUT2D eigenvalue weighted by atomic mass is 16.2. The fourth-order valence-corrected chi connectivity index (χ4v) is 2.30. The van der Waals surface area contributed by atoms with E-state index in [4.69, 9.17) is 0 Å². The molecule has 5 nitrogen and oxygen atoms in total. The number of para-hydroxylation sites is 1. The summed E-state index contributed by atoms with van der Waals surface area (Å²) in [4.78, 5) is 27.5. The van der Waals surface area contributed by atoms with Gasteiger partial charge in [-0.05, 0) is 11.6 Å². The van der Waals surface area contributed by atoms with Crippen molar-refractivity contribution >= 4 is 22.8 Å². The number of benzene rings is 1. The molecule has 1 aliphatic rings. The molecule has 2 N–H and O–H groups in total. The number of rotatable bonds is 2. The second kappa shape index (κ2) is 3.87. The Kier molecular flexibility index (Phi) is 2.33. The maximum Gasteiger partial charge on any atom is 0.324 e. The molecule has 0 aliphatic carbocycles. The Morgan fingerprint density at radius 1 is 1.33 bits per heavy atom. The minimum atomic E-state index is -0.457. The first kappa shape index (κ1) is 10.8. The summed E-state index contributed by atoms with van der Waals surface area (Å²) in [5.74, 6) is -0.176. The van der Waals surface area contributed by atoms with Crippen LogP contribution in [0.3, 0.4) is 0 Å². The van der Waals surface area contributed by atoms with E-state index in [1.165, 1.54) is 7.05 Å². The van der Waals surface area contributed by atoms with Crippen LogP contribution < -0.4 is 5.32 Å². The van der Waals surface area contributed by atoms with E-state index in [-0.39, 0.29) is 14.8 Å². The average molecular weight is 247 g/mol. The summed E-state index contributed by atoms with van der Waals surface area (Å²) in [5, 5.41) is 3.77. The minimum absolute atomic E-state index is 0. The molecule has 2 aromatic rings. The van der Waals surface area contributed by atoms with Gasteiger partial charge in [-0.3, -0.25) is 9.69 Å². The molecule has 96 valence electrons. The van der Waals surface area contributed by atoms with Crippen LogP contribution >= 0.6 is 0 Å². The maximum atomic E-state index is 11.8. The van der Waals surface area contributed by atoms with E-state index in [2.05, 4.69) is 10.3 Å². The van der Waals surface area contributed by atoms with Crippen molar-refractivity contribution in [1.82, 2.24) is 15.2 Å². The highest BCUT2D eigenvalue weighted by Crippen LogP contribution is 2.20. The molecule has 1 aliphatic heterocycles. The zero-order valence-corrected chi connectivity index (χ0v) is 9.93. The van der Waals surface area contributed by atoms with Crippen molar-refractivity contribution in [2.45, 2.75) is 12.5 Å². The number of nitrogens with zero attached hydrogens (tertiary/aromatic N) is 1. The van der Waals surface area contributed by atoms with Gasteiger partial charge in [-0.25, -0.2) is 4.79 Å². The van der Waals surface area contributed by atoms with E-state index in [9.17, 15) is 9.59 Å². The van der Waals surface area contributed by atoms with Gasteiger partial charge in [-0.15, -0.1) is 0 Å². The van der Waals surface area contributed by atoms with Crippen molar-refractivity contribution in [3.05, 3.63) is 36.0 Å². The lowest BCUT2D eigenvalue weighted by Crippen LogP contribution is -2.31. The average Bonchev–Trinajstić information content (AvgIpc) is 2.89. The molecule has 0 spiro atoms. The molecule has 0 radical (unpaired) electrons. The number of aromatic nitrogens is 1. The molecule has 1 saturated heterocycles. The van der Waals surface area contributed by atoms with Crippen molar-refractivity contribution in [3.63, 3.8) is 0 Å². The number of fused-ring (bicyclic) bond motifs is 1. The Morgan fingerprint density at radius 3 is 2.83 bits per heavy atom. The highest BCUT2D eigenvalue weighted by Gasteiger charge is 2.35. The zero-order chi connectivity index (χ0) is 12.7. The first-order chi connectivity index (χ1) is 8.66. The molecule has 1 atom stereocenters. The molecule has 1 aromatic heterocycles. The predicted octanol–water partition coefficient (Wildman–Crippen LogP) is 1.75. The quantitative estimate of drug-likeness (QED) is 0.794. The number of hydrogen-bond acceptors (Lipinski definition) is 2. The number of imide groups is 1. The van der Waals surface area contributed by atoms with Gasteiger partial charge in [-0.2, -0.15) is 0 Å². The summed E-state index contributed by atoms with van der Waals surface area (Å²) in [6, 6.07) is 7.12. The summed E-state index contributed by atoms with van der Waals surface area (Å²) in [5.41, 5.74) is 2.08. The summed E-state index contributed by atoms with van der Waals surface area (Å²) in [6.07, 6.45) is 2.40. The first-order valence-electron chi connectivity index (χ1n) is 5.80. The Balaban J connectivity index is 0.000001000. The van der Waals surface area contributed by atoms with Crippen LogP contribution in [0.15, 0.2) is 30.5 Å². The number of amides is 3. The molecular formula is C13H17N3O2. The molecule has 0 bridgehead atoms. The predicted molar refractivity (Wildman–Crippen MR) is 71.3 cm³/mol. The van der Waals surface area contributed by atoms with Gasteiger partial charge in [0.15, 0.2) is 0 Å². The second-order valence-electron chi connectivity index (χ2n) is 4.46. The Hall–Kier alpha value is -2.30. The number of nitrogens with one attached hydrogen (secondary N) is 2. The molecule has 18 heavy (non-hydrogen) atoms. The fraction of sp³-hybridized carbons (Fsp3) is 0.231. The fourth-order valence-electron chi connectivity index (χ4n) is 2.30. The lowest BCUT2D eigenvalue weighted by molar-refractivity contribution is -0.126. The van der Waals surface area contributed by atoms with Gasteiger partial charge < -0.3 is 10.3 Å². The van der Waals surface area contributed by atoms with Crippen LogP contribution in [0.1, 0.15) is 8.42 Å². The smallest absolute Gasteiger partial charge is 0.324 e. The van der Waals surface area contributed by atoms with Crippen molar-refractivity contribution in [1.29, 1.82) is 0 Å². The van der Waals surface area contributed by atoms with Gasteiger partial charge >= 0.3 is 6.03 Å². The molecule has 3 rings (SSSR count). The van der Waals surface area contributed by atoms with E-state index in [0.29, 0.717) is 6.42 Å². The van der Waals surface area contributed by atoms with Crippen LogP contribution in [0.2, 0.25) is 0 Å². The second-order valence-corrected chi connectivity index (χ2v) is 4.46. The zero-order valence-electron chi connectivity index (χ0n) is 9.93. The highest BCUT2D eigenvalue weighted by molar-refractivity contribution is 6.04. The summed E-state index contributed by atoms with van der Waals surface area (Å²) in [7, 11) is 1.49. The van der Waals surface area contributed by atoms with Crippen molar-refractivity contribution in [2.24, 2.45) is 0 Å². The van der Waals surface area contributed by atoms with E-state index >= 15 is 0 Å². The Morgan fingerprint density at radius 2 is 2.11 bits per heavy atom. The summed E-state index contributed by atoms with van der Waals surface area (Å²) < 4.78 is 0. The molecule has 3 amide bonds. The normalized spacial score (nSPS) is 19.6. The van der Waals surface area contributed by atoms with Crippen molar-refractivity contribution in [2.75, 3.05) is 7.05 Å². The van der Waals surface area contributed by atoms with E-state index < -0.39 is 6.04 Å². The number of urea groups is 1. The largest absolute Gasteiger partial charge is 0.361 e. The molecular weight excluding hydrogens is 230 g/mol. The van der Waals surface area contributed by atoms with Gasteiger partial charge in [0.25, 0.3) is 5.91 Å². The van der Waals surface area contributed by atoms with Gasteiger partial charge in [-0.1, -0.05) is 18.2 Å². The number of aromatic amines is 1. The van der Waals surface area contributed by atoms with E-state index in [0.717, 1.165) is 21.4 Å². The molecule has 5 heteroatoms. The van der Waals surface area contributed by atoms with Crippen LogP contribution in [0, 0.1) is 0 Å². The van der Waals surface area contributed by atoms with Crippen LogP contribution in [-0.4, -0.2) is 34.9 Å². The van der Waals surface area contributed by atoms with Gasteiger partial charge in [0, 0.05) is 33.4 Å². The SMILES string of the molecule is CN1C(=O)NC(Cc2c[nH]c3ccccc23)C1=O.[HH].[HH]. The number of carbonyl (C=O) groups excluding carboxylic acids is 2. The Labute approximate surface area is 107 Å². The van der Waals surface area contributed by atoms with E-state index in [1.54, 1.807) is 0 Å². The van der Waals surface area contributed by atoms with Crippen LogP contribution in [0.25, 0.3) is 10.9 Å². The number of H-pyrrole nitrogens is 1. The standard InChI is InChI=1S/C13H13N3O2.2H2/c1-16-12(17)11(15-13(16)18)6-8-7-14-10-5-3-2-4-9(8)10;;/h2-5,7,11,14H,6H2,1H3,(H,15,18);2*1H. The van der Waals surface area contributed by atoms with Crippen molar-refractivity contribution in [3.8, 4) is 0 Å².